The van der Waals surface area contributed by atoms with Crippen LogP contribution in [0.25, 0.3) is 104 Å². The van der Waals surface area contributed by atoms with Crippen molar-refractivity contribution in [1.29, 1.82) is 0 Å². The third-order valence-corrected chi connectivity index (χ3v) is 10.2. The highest BCUT2D eigenvalue weighted by molar-refractivity contribution is 6.18. The average Bonchev–Trinajstić information content (AvgIpc) is 1.68. The van der Waals surface area contributed by atoms with Gasteiger partial charge in [0.05, 0.1) is 76.9 Å². The van der Waals surface area contributed by atoms with Gasteiger partial charge in [0.25, 0.3) is 0 Å². The van der Waals surface area contributed by atoms with Crippen LogP contribution in [0.2, 0.25) is 0 Å². The van der Waals surface area contributed by atoms with Crippen LogP contribution < -0.4 is 4.90 Å². The molecule has 13 aromatic rings. The highest BCUT2D eigenvalue weighted by Gasteiger charge is 2.23. The molecule has 0 spiro atoms. The largest absolute Gasteiger partial charge is 0.455 e. The lowest BCUT2D eigenvalue weighted by atomic mass is 9.93. The molecule has 2 heterocycles. The van der Waals surface area contributed by atoms with Crippen LogP contribution in [0.4, 0.5) is 17.1 Å². The smallest absolute Gasteiger partial charge is 0.145 e. The molecule has 0 aliphatic carbocycles. The number of hydrogen-bond donors (Lipinski definition) is 0. The van der Waals surface area contributed by atoms with Crippen LogP contribution in [-0.4, -0.2) is 4.57 Å². The van der Waals surface area contributed by atoms with E-state index in [1.165, 1.54) is 0 Å². The van der Waals surface area contributed by atoms with Gasteiger partial charge in [-0.05, 0) is 122 Å². The van der Waals surface area contributed by atoms with Gasteiger partial charge in [-0.15, -0.1) is 0 Å². The second kappa shape index (κ2) is 15.0. The number of rotatable bonds is 7. The van der Waals surface area contributed by atoms with Gasteiger partial charge >= 0.3 is 0 Å². The number of furan rings is 1. The van der Waals surface area contributed by atoms with Crippen molar-refractivity contribution in [3.8, 4) is 39.1 Å². The summed E-state index contributed by atoms with van der Waals surface area (Å²) >= 11 is 0. The highest BCUT2D eigenvalue weighted by atomic mass is 16.3. The van der Waals surface area contributed by atoms with Gasteiger partial charge in [-0.1, -0.05) is 169 Å². The summed E-state index contributed by atoms with van der Waals surface area (Å²) in [4.78, 5) is 0.262. The van der Waals surface area contributed by atoms with Gasteiger partial charge in [-0.3, -0.25) is 0 Å². The number of nitrogens with zero attached hydrogens (tertiary/aromatic N) is 2. The maximum atomic E-state index is 10.3. The van der Waals surface area contributed by atoms with Crippen LogP contribution in [0.3, 0.4) is 0 Å². The zero-order valence-corrected chi connectivity index (χ0v) is 32.3. The molecule has 0 aliphatic heterocycles. The van der Waals surface area contributed by atoms with Crippen molar-refractivity contribution in [2.24, 2.45) is 0 Å². The van der Waals surface area contributed by atoms with Crippen LogP contribution in [0.5, 0.6) is 0 Å². The maximum absolute atomic E-state index is 10.3. The fourth-order valence-electron chi connectivity index (χ4n) is 7.47. The second-order valence-electron chi connectivity index (χ2n) is 13.8. The van der Waals surface area contributed by atoms with Gasteiger partial charge < -0.3 is 13.9 Å². The van der Waals surface area contributed by atoms with E-state index in [0.717, 1.165) is 0 Å². The molecule has 2 aromatic heterocycles. The van der Waals surface area contributed by atoms with Crippen LogP contribution >= 0.6 is 0 Å². The zero-order valence-electron chi connectivity index (χ0n) is 72.3. The molecule has 0 saturated heterocycles. The molecule has 0 fully saturated rings. The van der Waals surface area contributed by atoms with E-state index in [9.17, 15) is 27.4 Å². The van der Waals surface area contributed by atoms with E-state index in [4.69, 9.17) is 31.8 Å². The highest BCUT2D eigenvalue weighted by Crippen LogP contribution is 2.47. The number of benzene rings is 11. The van der Waals surface area contributed by atoms with E-state index in [1.54, 1.807) is 0 Å². The Bertz CT molecular complexity index is 6190. The lowest BCUT2D eigenvalue weighted by Crippen LogP contribution is -2.10. The Labute approximate surface area is 432 Å². The van der Waals surface area contributed by atoms with Gasteiger partial charge in [0.2, 0.25) is 0 Å². The normalized spacial score (nSPS) is 20.3. The van der Waals surface area contributed by atoms with Crippen molar-refractivity contribution < 1.29 is 59.2 Å². The summed E-state index contributed by atoms with van der Waals surface area (Å²) in [5.41, 5.74) is -14.6. The van der Waals surface area contributed by atoms with Crippen molar-refractivity contribution in [1.82, 2.24) is 4.57 Å². The molecular formula is C62H40N2O. The van der Waals surface area contributed by atoms with E-state index in [0.29, 0.717) is 4.57 Å². The van der Waals surface area contributed by atoms with E-state index < -0.39 is 363 Å². The zero-order chi connectivity index (χ0) is 77.7. The van der Waals surface area contributed by atoms with Crippen molar-refractivity contribution >= 4 is 82.4 Å². The first-order valence-corrected chi connectivity index (χ1v) is 19.0. The Morgan fingerprint density at radius 3 is 1.65 bits per heavy atom. The summed E-state index contributed by atoms with van der Waals surface area (Å²) in [6.07, 6.45) is 0. The molecule has 0 N–H and O–H groups in total. The molecule has 0 atom stereocenters. The minimum absolute atomic E-state index is 0.262. The molecule has 65 heavy (non-hydrogen) atoms. The topological polar surface area (TPSA) is 21.3 Å². The van der Waals surface area contributed by atoms with Crippen LogP contribution in [0.1, 0.15) is 54.8 Å². The number of aromatic nitrogens is 1. The van der Waals surface area contributed by atoms with Crippen LogP contribution in [-0.2, 0) is 0 Å². The summed E-state index contributed by atoms with van der Waals surface area (Å²) in [6.45, 7) is 0. The van der Waals surface area contributed by atoms with E-state index in [1.807, 2.05) is 0 Å². The predicted molar refractivity (Wildman–Crippen MR) is 274 cm³/mol. The average molecular weight is 869 g/mol. The fourth-order valence-corrected chi connectivity index (χ4v) is 7.47. The standard InChI is InChI=1S/C62H40N2O/c1-2-15-41(16-3-1)42-29-33-46(34-30-42)63(47-35-31-43(32-36-47)56-40-45-17-4-5-20-49(45)51-21-6-7-22-52(51)56)59-38-37-50(62-61(59)55-25-10-13-28-60(55)65-62)44-18-14-19-48(39-44)64-57-26-11-8-23-53(57)54-24-9-12-27-58(54)64/h1-40H/i1D,2D,3D,4D,5D,6D,7D,8D,9D,10D,11D,12D,13D,14D,15D,16D,17D,18D,19D,20D,21D,22D,23D,24D,25D,26D,27D,28D,29D,30D,31D,32D,33D,34D,35D,36D,37D,38D,39D,40D. The molecule has 3 heteroatoms. The van der Waals surface area contributed by atoms with Crippen LogP contribution in [0, 0.1) is 0 Å². The summed E-state index contributed by atoms with van der Waals surface area (Å²) in [6, 6.07) is -44.9. The van der Waals surface area contributed by atoms with E-state index in [2.05, 4.69) is 0 Å². The SMILES string of the molecule is [2H]c1c([2H])c([2H])c(-c2c([2H])c([2H])c(N(c3c([2H])c([2H])c(-c4c([2H])c5c([2H])c([2H])c([2H])c([2H])c5c5c([2H])c([2H])c([2H])c([2H])c45)c([2H])c3[2H])c3c([2H])c([2H])c(-c4c([2H])c([2H])c([2H])c(-n5c6c([2H])c([2H])c([2H])c([2H])c6c6c([2H])c([2H])c([2H])c([2H])c65)c4[2H])c4oc5c([2H])c([2H])c([2H])c([2H])c5c34)c([2H])c2[2H])c([2H])c1[2H]. The monoisotopic (exact) mass is 869 g/mol. The lowest BCUT2D eigenvalue weighted by Gasteiger charge is -2.27. The van der Waals surface area contributed by atoms with Gasteiger partial charge in [0, 0.05) is 38.8 Å². The Hall–Kier alpha value is -8.66. The summed E-state index contributed by atoms with van der Waals surface area (Å²) in [5, 5.41) is -6.02. The molecule has 13 rings (SSSR count). The molecule has 0 amide bonds. The minimum Gasteiger partial charge on any atom is -0.455 e. The quantitative estimate of drug-likeness (QED) is 0.149. The molecule has 0 saturated carbocycles. The van der Waals surface area contributed by atoms with Crippen molar-refractivity contribution in [2.75, 3.05) is 4.90 Å². The number of hydrogen-bond acceptors (Lipinski definition) is 2. The molecule has 0 aliphatic rings. The first kappa shape index (κ1) is 14.7. The first-order chi connectivity index (χ1) is 48.9. The maximum Gasteiger partial charge on any atom is 0.145 e. The second-order valence-corrected chi connectivity index (χ2v) is 13.8. The van der Waals surface area contributed by atoms with E-state index in [-0.39, 0.29) is 4.90 Å². The van der Waals surface area contributed by atoms with Crippen molar-refractivity contribution in [3.05, 3.63) is 242 Å². The molecule has 0 unspecified atom stereocenters. The summed E-state index contributed by atoms with van der Waals surface area (Å²) < 4.78 is 376. The van der Waals surface area contributed by atoms with E-state index >= 15 is 0 Å². The number of anilines is 3. The molecular weight excluding hydrogens is 789 g/mol. The van der Waals surface area contributed by atoms with Crippen molar-refractivity contribution in [3.63, 3.8) is 0 Å². The Morgan fingerprint density at radius 2 is 0.923 bits per heavy atom. The van der Waals surface area contributed by atoms with Gasteiger partial charge in [0.1, 0.15) is 11.2 Å². The third-order valence-electron chi connectivity index (χ3n) is 10.2. The Kier molecular flexibility index (Phi) is 3.39. The van der Waals surface area contributed by atoms with Gasteiger partial charge in [-0.2, -0.15) is 0 Å². The Morgan fingerprint density at radius 1 is 0.369 bits per heavy atom. The predicted octanol–water partition coefficient (Wildman–Crippen LogP) is 17.5. The summed E-state index contributed by atoms with van der Waals surface area (Å²) in [5.74, 6) is 0. The first-order valence-electron chi connectivity index (χ1n) is 39.0. The third kappa shape index (κ3) is 6.05. The Balaban J connectivity index is 1.26. The van der Waals surface area contributed by atoms with Crippen LogP contribution in [0.15, 0.2) is 246 Å². The molecule has 304 valence electrons. The summed E-state index contributed by atoms with van der Waals surface area (Å²) in [7, 11) is 0. The lowest BCUT2D eigenvalue weighted by molar-refractivity contribution is 0.670. The van der Waals surface area contributed by atoms with Gasteiger partial charge in [0.15, 0.2) is 0 Å². The molecule has 0 radical (unpaired) electrons. The fraction of sp³-hybridized carbons (Fsp3) is 0. The minimum atomic E-state index is -1.46. The molecule has 0 bridgehead atoms. The number of para-hydroxylation sites is 3. The number of fused-ring (bicyclic) bond motifs is 9. The van der Waals surface area contributed by atoms with Crippen molar-refractivity contribution in [2.45, 2.75) is 0 Å². The molecule has 3 nitrogen and oxygen atoms in total. The van der Waals surface area contributed by atoms with Gasteiger partial charge in [-0.25, -0.2) is 0 Å². The molecule has 11 aromatic carbocycles.